The van der Waals surface area contributed by atoms with Crippen LogP contribution in [0.4, 0.5) is 0 Å². The van der Waals surface area contributed by atoms with E-state index in [2.05, 4.69) is 112 Å². The molecule has 0 bridgehead atoms. The Morgan fingerprint density at radius 1 is 0.554 bits per heavy atom. The first-order chi connectivity index (χ1) is 32.1. The topological polar surface area (TPSA) is 143 Å². The van der Waals surface area contributed by atoms with E-state index in [-0.39, 0.29) is 90.7 Å². The molecule has 8 aliphatic rings. The van der Waals surface area contributed by atoms with Crippen LogP contribution in [-0.2, 0) is 28.7 Å². The van der Waals surface area contributed by atoms with E-state index in [1.165, 1.54) is 21.1 Å². The van der Waals surface area contributed by atoms with E-state index < -0.39 is 5.79 Å². The Balaban J connectivity index is 0.000000930. The molecule has 10 rings (SSSR count). The number of carbonyl (C=O) groups is 4. The minimum Gasteiger partial charge on any atom is -0.338 e. The Morgan fingerprint density at radius 3 is 1.47 bits per heavy atom. The lowest BCUT2D eigenvalue weighted by Crippen LogP contribution is -2.50. The van der Waals surface area contributed by atoms with E-state index in [1.807, 2.05) is 53.8 Å². The molecule has 6 saturated heterocycles. The number of benzene rings is 2. The molecule has 2 amide bonds. The van der Waals surface area contributed by atoms with Gasteiger partial charge in [-0.25, -0.2) is 10.0 Å². The average molecular weight is 1040 g/mol. The molecule has 6 fully saturated rings. The molecule has 2 aromatic carbocycles. The summed E-state index contributed by atoms with van der Waals surface area (Å²) in [6.07, 6.45) is 4.09. The molecule has 4 unspecified atom stereocenters. The largest absolute Gasteiger partial charge is 0.338 e. The Kier molecular flexibility index (Phi) is 27.7. The van der Waals surface area contributed by atoms with Crippen LogP contribution in [0.3, 0.4) is 0 Å². The first-order valence-corrected chi connectivity index (χ1v) is 24.8. The molecule has 74 heavy (non-hydrogen) atoms. The van der Waals surface area contributed by atoms with Gasteiger partial charge in [0.15, 0.2) is 5.79 Å². The summed E-state index contributed by atoms with van der Waals surface area (Å²) in [5.41, 5.74) is 3.66. The van der Waals surface area contributed by atoms with E-state index in [0.29, 0.717) is 17.5 Å². The number of nitrogens with zero attached hydrogens (tertiary/aromatic N) is 8. The van der Waals surface area contributed by atoms with Crippen molar-refractivity contribution >= 4 is 34.8 Å². The highest BCUT2D eigenvalue weighted by Gasteiger charge is 2.53. The number of ketones is 2. The number of rotatable bonds is 2. The smallest absolute Gasteiger partial charge is 0.255 e. The predicted octanol–water partition coefficient (Wildman–Crippen LogP) is 9.41. The van der Waals surface area contributed by atoms with Crippen molar-refractivity contribution < 1.29 is 28.7 Å². The number of Topliss-reactive ketones (excluding diaryl/α,β-unsaturated/α-hetero) is 2. The van der Waals surface area contributed by atoms with Gasteiger partial charge in [0.05, 0.1) is 11.4 Å². The highest BCUT2D eigenvalue weighted by molar-refractivity contribution is 6.13. The third-order valence-electron chi connectivity index (χ3n) is 15.1. The fourth-order valence-electron chi connectivity index (χ4n) is 10.8. The number of carbonyl (C=O) groups excluding carboxylic acids is 4. The summed E-state index contributed by atoms with van der Waals surface area (Å²) in [4.78, 5) is 54.5. The van der Waals surface area contributed by atoms with E-state index in [0.717, 1.165) is 109 Å². The van der Waals surface area contributed by atoms with Gasteiger partial charge in [-0.1, -0.05) is 133 Å². The number of ether oxygens (including phenoxy) is 2. The average Bonchev–Trinajstić information content (AvgIpc) is 3.89. The minimum absolute atomic E-state index is 0. The molecule has 8 aliphatic heterocycles. The number of hydrogen-bond donors (Lipinski definition) is 1. The second kappa shape index (κ2) is 29.3. The molecule has 15 nitrogen and oxygen atoms in total. The van der Waals surface area contributed by atoms with Crippen molar-refractivity contribution in [3.05, 3.63) is 71.8 Å². The van der Waals surface area contributed by atoms with Gasteiger partial charge < -0.3 is 34.4 Å². The number of hydrazone groups is 2. The summed E-state index contributed by atoms with van der Waals surface area (Å²) in [6, 6.07) is 21.0. The van der Waals surface area contributed by atoms with Crippen LogP contribution in [0.15, 0.2) is 70.9 Å². The number of hydrogen-bond acceptors (Lipinski definition) is 13. The normalized spacial score (nSPS) is 30.2. The highest BCUT2D eigenvalue weighted by Crippen LogP contribution is 2.52. The summed E-state index contributed by atoms with van der Waals surface area (Å²) in [5, 5.41) is 14.7. The van der Waals surface area contributed by atoms with Gasteiger partial charge in [-0.3, -0.25) is 19.2 Å². The van der Waals surface area contributed by atoms with Crippen molar-refractivity contribution in [3.63, 3.8) is 0 Å². The Bertz CT molecular complexity index is 2090. The summed E-state index contributed by atoms with van der Waals surface area (Å²) in [6.45, 7) is 21.5. The minimum atomic E-state index is -0.479. The van der Waals surface area contributed by atoms with E-state index in [1.54, 1.807) is 14.1 Å². The van der Waals surface area contributed by atoms with Crippen LogP contribution < -0.4 is 5.32 Å². The van der Waals surface area contributed by atoms with Crippen LogP contribution in [-0.4, -0.2) is 178 Å². The lowest BCUT2D eigenvalue weighted by Gasteiger charge is -2.41. The van der Waals surface area contributed by atoms with Crippen molar-refractivity contribution in [1.29, 1.82) is 0 Å². The van der Waals surface area contributed by atoms with E-state index >= 15 is 0 Å². The standard InChI is InChI=1S/C21H25NO2.C9H15N3O.C8H13N3O.C8H15NO.C7H13NO.6CH4/c1-16-15-22(2)14-13-21(16)23-19(17-9-5-3-6-10-17)20(24-21)18-11-7-4-8-12-18;1-9-6-11(2)5-4-7(9)10-12(3)8(9)13;1-8-5-9-4-3-6(8)10-11(2)7(8)12;1-8(2)6-9(3)5-4-7(8)10;1-6-5-8(2)4-3-7(6)9;;;;;;/h3-12,16,19-20H,13-15H2,1-2H3;4-6H2,1-3H3;9H,3-5H2,1-2H3;4-6H2,1-3H3;6H,3-5H2,1-2H3;6*1H4/t;9-;8-;;;;;;;;/m.00......../s1. The second-order valence-corrected chi connectivity index (χ2v) is 21.6. The molecule has 0 saturated carbocycles. The summed E-state index contributed by atoms with van der Waals surface area (Å²) < 4.78 is 13.3. The van der Waals surface area contributed by atoms with Gasteiger partial charge in [-0.05, 0) is 53.2 Å². The van der Waals surface area contributed by atoms with Crippen LogP contribution in [0.5, 0.6) is 0 Å². The molecule has 422 valence electrons. The molecular weight excluding hydrogens is 931 g/mol. The van der Waals surface area contributed by atoms with Crippen LogP contribution in [0.25, 0.3) is 0 Å². The lowest BCUT2D eigenvalue weighted by molar-refractivity contribution is -0.231. The van der Waals surface area contributed by atoms with Crippen molar-refractivity contribution in [2.75, 3.05) is 108 Å². The van der Waals surface area contributed by atoms with Crippen molar-refractivity contribution in [2.45, 2.75) is 136 Å². The molecule has 0 radical (unpaired) electrons. The second-order valence-electron chi connectivity index (χ2n) is 21.6. The fourth-order valence-corrected chi connectivity index (χ4v) is 10.8. The maximum atomic E-state index is 11.8. The van der Waals surface area contributed by atoms with Gasteiger partial charge in [0, 0.05) is 129 Å². The summed E-state index contributed by atoms with van der Waals surface area (Å²) in [5.74, 6) is 1.21. The Hall–Kier alpha value is -4.22. The number of nitrogens with one attached hydrogen (secondary N) is 1. The Morgan fingerprint density at radius 2 is 1.01 bits per heavy atom. The van der Waals surface area contributed by atoms with Crippen LogP contribution in [0.1, 0.15) is 142 Å². The monoisotopic (exact) mass is 1040 g/mol. The number of fused-ring (bicyclic) bond motifs is 2. The zero-order valence-corrected chi connectivity index (χ0v) is 43.2. The van der Waals surface area contributed by atoms with Gasteiger partial charge in [-0.15, -0.1) is 0 Å². The molecule has 0 aliphatic carbocycles. The maximum Gasteiger partial charge on any atom is 0.255 e. The van der Waals surface area contributed by atoms with Gasteiger partial charge >= 0.3 is 0 Å². The molecule has 1 spiro atoms. The predicted molar refractivity (Wildman–Crippen MR) is 308 cm³/mol. The van der Waals surface area contributed by atoms with E-state index in [9.17, 15) is 19.2 Å². The zero-order valence-electron chi connectivity index (χ0n) is 43.2. The van der Waals surface area contributed by atoms with Crippen LogP contribution in [0, 0.1) is 28.1 Å². The molecule has 1 N–H and O–H groups in total. The molecular formula is C59H105N9O6. The third kappa shape index (κ3) is 16.2. The van der Waals surface area contributed by atoms with Crippen molar-refractivity contribution in [1.82, 2.24) is 34.9 Å². The first kappa shape index (κ1) is 69.8. The number of piperidine rings is 5. The maximum absolute atomic E-state index is 11.8. The summed E-state index contributed by atoms with van der Waals surface area (Å²) >= 11 is 0. The van der Waals surface area contributed by atoms with Gasteiger partial charge in [0.1, 0.15) is 34.6 Å². The highest BCUT2D eigenvalue weighted by atomic mass is 16.8. The third-order valence-corrected chi connectivity index (χ3v) is 15.1. The molecule has 8 heterocycles. The SMILES string of the molecule is C.C.C.C.C.C.CC1CN(C)CCC12OC(c1ccccc1)C(c1ccccc1)O2.CC1CN(C)CCC1=O.CN1CCC(=O)C(C)(C)C1.CN1CCC2=NN(C)C(=O)[C@@]2(C)C1.CN1N=C2CCNC[C@]2(C)C1=O. The Labute approximate surface area is 450 Å². The number of likely N-dealkylation sites (tertiary alicyclic amines) is 4. The van der Waals surface area contributed by atoms with Crippen LogP contribution >= 0.6 is 0 Å². The van der Waals surface area contributed by atoms with Crippen LogP contribution in [0.2, 0.25) is 0 Å². The van der Waals surface area contributed by atoms with Gasteiger partial charge in [0.2, 0.25) is 0 Å². The first-order valence-electron chi connectivity index (χ1n) is 24.8. The van der Waals surface area contributed by atoms with E-state index in [4.69, 9.17) is 9.47 Å². The fraction of sp³-hybridized carbons (Fsp3) is 0.695. The molecule has 2 aromatic rings. The van der Waals surface area contributed by atoms with Gasteiger partial charge in [-0.2, -0.15) is 10.2 Å². The van der Waals surface area contributed by atoms with Crippen molar-refractivity contribution in [3.8, 4) is 0 Å². The molecule has 6 atom stereocenters. The molecule has 15 heteroatoms. The summed E-state index contributed by atoms with van der Waals surface area (Å²) in [7, 11) is 11.8. The zero-order chi connectivity index (χ0) is 49.6. The van der Waals surface area contributed by atoms with Crippen molar-refractivity contribution in [2.24, 2.45) is 38.3 Å². The quantitative estimate of drug-likeness (QED) is 0.308. The van der Waals surface area contributed by atoms with Gasteiger partial charge in [0.25, 0.3) is 11.8 Å². The molecule has 0 aromatic heterocycles. The number of amides is 2. The lowest BCUT2D eigenvalue weighted by atomic mass is 9.80.